The number of rotatable bonds is 6. The summed E-state index contributed by atoms with van der Waals surface area (Å²) in [6, 6.07) is 9.56. The van der Waals surface area contributed by atoms with E-state index in [2.05, 4.69) is 6.58 Å². The predicted molar refractivity (Wildman–Crippen MR) is 105 cm³/mol. The minimum Gasteiger partial charge on any atom is -0.479 e. The molecule has 150 valence electrons. The summed E-state index contributed by atoms with van der Waals surface area (Å²) in [6.45, 7) is 11.5. The van der Waals surface area contributed by atoms with Crippen molar-refractivity contribution in [3.05, 3.63) is 48.6 Å². The fourth-order valence-electron chi connectivity index (χ4n) is 4.89. The first-order valence-corrected chi connectivity index (χ1v) is 9.59. The fraction of sp³-hybridized carbons (Fsp3) is 0.500. The van der Waals surface area contributed by atoms with Gasteiger partial charge in [0.1, 0.15) is 11.0 Å². The first kappa shape index (κ1) is 20.1. The molecule has 1 aromatic carbocycles. The standard InChI is InChI=1S/C22H27NO5/c1-6-20(5)14-21(19(25)27-8-3)17(28-15(4)24)18(26-7-2)23-22(20,21)16-12-10-9-11-13-16/h6,9-13,17H,1,7-8,14H2,2-5H3/t17-,20-,21+,22+/m0/s1. The van der Waals surface area contributed by atoms with E-state index in [-0.39, 0.29) is 12.5 Å². The van der Waals surface area contributed by atoms with Crippen LogP contribution in [0.15, 0.2) is 48.0 Å². The van der Waals surface area contributed by atoms with E-state index in [0.717, 1.165) is 5.56 Å². The molecular weight excluding hydrogens is 358 g/mol. The highest BCUT2D eigenvalue weighted by Gasteiger charge is 2.83. The summed E-state index contributed by atoms with van der Waals surface area (Å²) in [5.74, 6) is -0.694. The minimum atomic E-state index is -1.20. The van der Waals surface area contributed by atoms with Gasteiger partial charge in [0.05, 0.1) is 13.2 Å². The van der Waals surface area contributed by atoms with Crippen LogP contribution in [0.25, 0.3) is 0 Å². The Kier molecular flexibility index (Phi) is 5.08. The summed E-state index contributed by atoms with van der Waals surface area (Å²) in [7, 11) is 0. The van der Waals surface area contributed by atoms with Crippen LogP contribution in [-0.4, -0.2) is 37.2 Å². The molecule has 0 saturated heterocycles. The number of fused-ring (bicyclic) bond motifs is 1. The minimum absolute atomic E-state index is 0.215. The number of carbonyl (C=O) groups excluding carboxylic acids is 2. The van der Waals surface area contributed by atoms with E-state index < -0.39 is 34.4 Å². The largest absolute Gasteiger partial charge is 0.479 e. The number of nitrogens with zero attached hydrogens (tertiary/aromatic N) is 1. The first-order chi connectivity index (χ1) is 13.3. The number of hydrogen-bond acceptors (Lipinski definition) is 6. The van der Waals surface area contributed by atoms with Crippen LogP contribution in [0.4, 0.5) is 0 Å². The van der Waals surface area contributed by atoms with Gasteiger partial charge in [-0.15, -0.1) is 6.58 Å². The number of carbonyl (C=O) groups is 2. The summed E-state index contributed by atoms with van der Waals surface area (Å²) in [6.07, 6.45) is 1.26. The maximum absolute atomic E-state index is 13.4. The Balaban J connectivity index is 2.30. The number of aliphatic imine (C=N–C) groups is 1. The van der Waals surface area contributed by atoms with Crippen LogP contribution in [0.3, 0.4) is 0 Å². The van der Waals surface area contributed by atoms with Crippen molar-refractivity contribution in [1.82, 2.24) is 0 Å². The molecule has 0 spiro atoms. The lowest BCUT2D eigenvalue weighted by molar-refractivity contribution is -0.206. The van der Waals surface area contributed by atoms with Gasteiger partial charge in [0.2, 0.25) is 5.90 Å². The van der Waals surface area contributed by atoms with E-state index in [1.54, 1.807) is 6.92 Å². The van der Waals surface area contributed by atoms with Crippen LogP contribution in [-0.2, 0) is 29.3 Å². The Bertz CT molecular complexity index is 819. The molecule has 2 aliphatic rings. The Morgan fingerprint density at radius 2 is 1.93 bits per heavy atom. The number of esters is 2. The first-order valence-electron chi connectivity index (χ1n) is 9.59. The van der Waals surface area contributed by atoms with E-state index in [1.807, 2.05) is 50.3 Å². The molecule has 0 bridgehead atoms. The Morgan fingerprint density at radius 1 is 1.25 bits per heavy atom. The number of ether oxygens (including phenoxy) is 3. The summed E-state index contributed by atoms with van der Waals surface area (Å²) < 4.78 is 16.9. The van der Waals surface area contributed by atoms with E-state index in [0.29, 0.717) is 13.0 Å². The second-order valence-corrected chi connectivity index (χ2v) is 7.44. The third-order valence-electron chi connectivity index (χ3n) is 5.93. The Labute approximate surface area is 165 Å². The summed E-state index contributed by atoms with van der Waals surface area (Å²) in [4.78, 5) is 30.2. The molecule has 0 amide bonds. The highest BCUT2D eigenvalue weighted by atomic mass is 16.6. The fourth-order valence-corrected chi connectivity index (χ4v) is 4.89. The van der Waals surface area contributed by atoms with Gasteiger partial charge in [-0.05, 0) is 25.8 Å². The molecule has 1 aromatic rings. The van der Waals surface area contributed by atoms with E-state index in [4.69, 9.17) is 19.2 Å². The van der Waals surface area contributed by atoms with Crippen LogP contribution >= 0.6 is 0 Å². The zero-order valence-electron chi connectivity index (χ0n) is 16.9. The molecule has 4 atom stereocenters. The second kappa shape index (κ2) is 7.08. The van der Waals surface area contributed by atoms with Crippen molar-refractivity contribution in [3.8, 4) is 0 Å². The molecule has 1 heterocycles. The molecule has 28 heavy (non-hydrogen) atoms. The molecule has 6 heteroatoms. The van der Waals surface area contributed by atoms with Crippen molar-refractivity contribution in [2.24, 2.45) is 15.8 Å². The average Bonchev–Trinajstić information content (AvgIpc) is 2.89. The van der Waals surface area contributed by atoms with Crippen molar-refractivity contribution in [1.29, 1.82) is 0 Å². The maximum Gasteiger partial charge on any atom is 0.319 e. The SMILES string of the molecule is C=C[C@@]1(C)C[C@]2(C(=O)OCC)[C@@H](OC(C)=O)C(OCC)=N[C@]12c1ccccc1. The topological polar surface area (TPSA) is 74.2 Å². The lowest BCUT2D eigenvalue weighted by Crippen LogP contribution is -2.71. The van der Waals surface area contributed by atoms with Crippen molar-refractivity contribution >= 4 is 17.8 Å². The molecule has 1 aliphatic heterocycles. The van der Waals surface area contributed by atoms with E-state index in [1.165, 1.54) is 6.92 Å². The van der Waals surface area contributed by atoms with Crippen LogP contribution in [0.2, 0.25) is 0 Å². The monoisotopic (exact) mass is 385 g/mol. The molecule has 0 unspecified atom stereocenters. The zero-order valence-corrected chi connectivity index (χ0v) is 16.9. The highest BCUT2D eigenvalue weighted by molar-refractivity contribution is 5.98. The summed E-state index contributed by atoms with van der Waals surface area (Å²) in [5.41, 5.74) is -1.94. The number of hydrogen-bond donors (Lipinski definition) is 0. The Morgan fingerprint density at radius 3 is 2.46 bits per heavy atom. The maximum atomic E-state index is 13.4. The van der Waals surface area contributed by atoms with Crippen LogP contribution in [0.5, 0.6) is 0 Å². The lowest BCUT2D eigenvalue weighted by atomic mass is 9.39. The van der Waals surface area contributed by atoms with Crippen LogP contribution in [0, 0.1) is 10.8 Å². The average molecular weight is 385 g/mol. The molecule has 1 fully saturated rings. The molecule has 0 aromatic heterocycles. The van der Waals surface area contributed by atoms with Crippen LogP contribution in [0.1, 0.15) is 39.7 Å². The van der Waals surface area contributed by atoms with Gasteiger partial charge in [-0.3, -0.25) is 9.59 Å². The van der Waals surface area contributed by atoms with Crippen LogP contribution < -0.4 is 0 Å². The van der Waals surface area contributed by atoms with Gasteiger partial charge in [0, 0.05) is 12.3 Å². The normalized spacial score (nSPS) is 33.1. The molecule has 1 saturated carbocycles. The molecule has 3 rings (SSSR count). The van der Waals surface area contributed by atoms with Gasteiger partial charge in [-0.25, -0.2) is 4.99 Å². The highest BCUT2D eigenvalue weighted by Crippen LogP contribution is 2.74. The third kappa shape index (κ3) is 2.43. The summed E-state index contributed by atoms with van der Waals surface area (Å²) in [5, 5.41) is 0. The third-order valence-corrected chi connectivity index (χ3v) is 5.93. The molecular formula is C22H27NO5. The van der Waals surface area contributed by atoms with Gasteiger partial charge < -0.3 is 14.2 Å². The summed E-state index contributed by atoms with van der Waals surface area (Å²) >= 11 is 0. The zero-order chi connectivity index (χ0) is 20.6. The van der Waals surface area contributed by atoms with Gasteiger partial charge in [0.25, 0.3) is 0 Å². The molecule has 1 aliphatic carbocycles. The van der Waals surface area contributed by atoms with Crippen molar-refractivity contribution in [2.45, 2.75) is 45.8 Å². The molecule has 6 nitrogen and oxygen atoms in total. The number of benzene rings is 1. The van der Waals surface area contributed by atoms with Crippen molar-refractivity contribution in [3.63, 3.8) is 0 Å². The second-order valence-electron chi connectivity index (χ2n) is 7.44. The molecule has 0 radical (unpaired) electrons. The van der Waals surface area contributed by atoms with Gasteiger partial charge >= 0.3 is 11.9 Å². The lowest BCUT2D eigenvalue weighted by Gasteiger charge is -2.63. The Hall–Kier alpha value is -2.63. The van der Waals surface area contributed by atoms with Gasteiger partial charge in [-0.2, -0.15) is 0 Å². The quantitative estimate of drug-likeness (QED) is 0.554. The van der Waals surface area contributed by atoms with Crippen molar-refractivity contribution < 1.29 is 23.8 Å². The van der Waals surface area contributed by atoms with Gasteiger partial charge in [0.15, 0.2) is 6.10 Å². The van der Waals surface area contributed by atoms with E-state index in [9.17, 15) is 9.59 Å². The predicted octanol–water partition coefficient (Wildman–Crippen LogP) is 3.41. The van der Waals surface area contributed by atoms with E-state index >= 15 is 0 Å². The van der Waals surface area contributed by atoms with Gasteiger partial charge in [-0.1, -0.05) is 43.3 Å². The molecule has 0 N–H and O–H groups in total. The van der Waals surface area contributed by atoms with Crippen molar-refractivity contribution in [2.75, 3.05) is 13.2 Å². The smallest absolute Gasteiger partial charge is 0.319 e.